The van der Waals surface area contributed by atoms with Crippen LogP contribution < -0.4 is 10.6 Å². The zero-order chi connectivity index (χ0) is 19.2. The van der Waals surface area contributed by atoms with Crippen LogP contribution in [-0.4, -0.2) is 16.8 Å². The molecular formula is C21H21N3O2S. The third-order valence-electron chi connectivity index (χ3n) is 4.89. The molecule has 1 aliphatic rings. The first kappa shape index (κ1) is 17.7. The second kappa shape index (κ2) is 6.46. The zero-order valence-electron chi connectivity index (χ0n) is 15.6. The monoisotopic (exact) mass is 379 g/mol. The molecule has 0 saturated heterocycles. The van der Waals surface area contributed by atoms with Crippen molar-refractivity contribution in [1.82, 2.24) is 4.98 Å². The Hall–Kier alpha value is -2.73. The summed E-state index contributed by atoms with van der Waals surface area (Å²) in [5.41, 5.74) is 4.54. The maximum absolute atomic E-state index is 13.0. The van der Waals surface area contributed by atoms with E-state index in [1.54, 1.807) is 0 Å². The molecule has 3 aromatic rings. The van der Waals surface area contributed by atoms with Gasteiger partial charge >= 0.3 is 0 Å². The van der Waals surface area contributed by atoms with Crippen molar-refractivity contribution in [3.63, 3.8) is 0 Å². The van der Waals surface area contributed by atoms with Gasteiger partial charge in [0.05, 0.1) is 15.6 Å². The van der Waals surface area contributed by atoms with Crippen molar-refractivity contribution in [3.05, 3.63) is 53.1 Å². The molecule has 1 heterocycles. The van der Waals surface area contributed by atoms with Gasteiger partial charge in [-0.25, -0.2) is 4.98 Å². The van der Waals surface area contributed by atoms with Crippen LogP contribution in [-0.2, 0) is 15.0 Å². The first-order chi connectivity index (χ1) is 12.9. The first-order valence-corrected chi connectivity index (χ1v) is 9.76. The van der Waals surface area contributed by atoms with Gasteiger partial charge < -0.3 is 10.6 Å². The molecule has 6 heteroatoms. The summed E-state index contributed by atoms with van der Waals surface area (Å²) in [6.07, 6.45) is 1.72. The Balaban J connectivity index is 1.58. The summed E-state index contributed by atoms with van der Waals surface area (Å²) in [6.45, 7) is 5.60. The van der Waals surface area contributed by atoms with Crippen molar-refractivity contribution in [2.24, 2.45) is 0 Å². The number of aryl methyl sites for hydroxylation is 2. The van der Waals surface area contributed by atoms with Gasteiger partial charge in [-0.1, -0.05) is 40.7 Å². The molecule has 1 aliphatic carbocycles. The molecule has 2 aromatic carbocycles. The van der Waals surface area contributed by atoms with Gasteiger partial charge in [0.25, 0.3) is 0 Å². The second-order valence-electron chi connectivity index (χ2n) is 7.30. The molecule has 0 bridgehead atoms. The van der Waals surface area contributed by atoms with Gasteiger partial charge in [0.1, 0.15) is 0 Å². The maximum atomic E-state index is 13.0. The number of benzene rings is 2. The fourth-order valence-corrected chi connectivity index (χ4v) is 4.40. The molecule has 4 rings (SSSR count). The lowest BCUT2D eigenvalue weighted by molar-refractivity contribution is -0.118. The van der Waals surface area contributed by atoms with E-state index in [1.165, 1.54) is 29.4 Å². The number of carbonyl (C=O) groups is 2. The summed E-state index contributed by atoms with van der Waals surface area (Å²) in [5, 5.41) is 6.37. The molecule has 1 fully saturated rings. The summed E-state index contributed by atoms with van der Waals surface area (Å²) >= 11 is 1.42. The number of carbonyl (C=O) groups excluding carboxylic acids is 2. The molecule has 1 saturated carbocycles. The Morgan fingerprint density at radius 2 is 1.74 bits per heavy atom. The maximum Gasteiger partial charge on any atom is 0.236 e. The predicted molar refractivity (Wildman–Crippen MR) is 109 cm³/mol. The molecule has 27 heavy (non-hydrogen) atoms. The number of thiazole rings is 1. The molecule has 0 unspecified atom stereocenters. The van der Waals surface area contributed by atoms with E-state index in [0.29, 0.717) is 5.13 Å². The number of aromatic nitrogens is 1. The van der Waals surface area contributed by atoms with Crippen LogP contribution in [0, 0.1) is 13.8 Å². The lowest BCUT2D eigenvalue weighted by Crippen LogP contribution is -2.27. The van der Waals surface area contributed by atoms with E-state index >= 15 is 0 Å². The molecule has 0 spiro atoms. The summed E-state index contributed by atoms with van der Waals surface area (Å²) < 4.78 is 0.924. The third-order valence-corrected chi connectivity index (χ3v) is 5.82. The van der Waals surface area contributed by atoms with Crippen molar-refractivity contribution in [1.29, 1.82) is 0 Å². The van der Waals surface area contributed by atoms with Gasteiger partial charge in [0, 0.05) is 12.6 Å². The van der Waals surface area contributed by atoms with Crippen molar-refractivity contribution >= 4 is 44.2 Å². The minimum Gasteiger partial charge on any atom is -0.326 e. The number of nitrogens with zero attached hydrogens (tertiary/aromatic N) is 1. The number of fused-ring (bicyclic) bond motifs is 1. The smallest absolute Gasteiger partial charge is 0.236 e. The first-order valence-electron chi connectivity index (χ1n) is 8.94. The standard InChI is InChI=1S/C21H21N3O2S/c1-12-8-13(2)10-15(9-12)21(6-7-21)19(26)24-20-23-17-5-4-16(22-14(3)25)11-18(17)27-20/h4-5,8-11H,6-7H2,1-3H3,(H,22,25)(H,23,24,26). The second-order valence-corrected chi connectivity index (χ2v) is 8.33. The fourth-order valence-electron chi connectivity index (χ4n) is 3.50. The molecular weight excluding hydrogens is 358 g/mol. The third kappa shape index (κ3) is 3.45. The Morgan fingerprint density at radius 3 is 2.37 bits per heavy atom. The normalized spacial score (nSPS) is 14.8. The van der Waals surface area contributed by atoms with Crippen LogP contribution in [0.5, 0.6) is 0 Å². The molecule has 0 aliphatic heterocycles. The average molecular weight is 379 g/mol. The Kier molecular flexibility index (Phi) is 4.23. The van der Waals surface area contributed by atoms with E-state index in [1.807, 2.05) is 18.2 Å². The fraction of sp³-hybridized carbons (Fsp3) is 0.286. The van der Waals surface area contributed by atoms with Gasteiger partial charge in [0.2, 0.25) is 11.8 Å². The predicted octanol–water partition coefficient (Wildman–Crippen LogP) is 4.54. The molecule has 2 amide bonds. The van der Waals surface area contributed by atoms with Gasteiger partial charge in [-0.2, -0.15) is 0 Å². The van der Waals surface area contributed by atoms with E-state index < -0.39 is 5.41 Å². The Labute approximate surface area is 161 Å². The van der Waals surface area contributed by atoms with Crippen molar-refractivity contribution in [2.45, 2.75) is 39.0 Å². The Morgan fingerprint density at radius 1 is 1.04 bits per heavy atom. The van der Waals surface area contributed by atoms with E-state index in [9.17, 15) is 9.59 Å². The lowest BCUT2D eigenvalue weighted by Gasteiger charge is -2.16. The van der Waals surface area contributed by atoms with Gasteiger partial charge in [-0.15, -0.1) is 0 Å². The topological polar surface area (TPSA) is 71.1 Å². The van der Waals surface area contributed by atoms with E-state index in [-0.39, 0.29) is 11.8 Å². The van der Waals surface area contributed by atoms with Gasteiger partial charge in [-0.3, -0.25) is 9.59 Å². The number of hydrogen-bond acceptors (Lipinski definition) is 4. The van der Waals surface area contributed by atoms with Gasteiger partial charge in [0.15, 0.2) is 5.13 Å². The number of nitrogens with one attached hydrogen (secondary N) is 2. The van der Waals surface area contributed by atoms with Crippen LogP contribution in [0.2, 0.25) is 0 Å². The van der Waals surface area contributed by atoms with Crippen LogP contribution in [0.3, 0.4) is 0 Å². The number of hydrogen-bond donors (Lipinski definition) is 2. The highest BCUT2D eigenvalue weighted by Gasteiger charge is 2.51. The highest BCUT2D eigenvalue weighted by molar-refractivity contribution is 7.22. The van der Waals surface area contributed by atoms with Crippen molar-refractivity contribution in [2.75, 3.05) is 10.6 Å². The summed E-state index contributed by atoms with van der Waals surface area (Å²) in [4.78, 5) is 28.7. The van der Waals surface area contributed by atoms with Crippen molar-refractivity contribution < 1.29 is 9.59 Å². The molecule has 138 valence electrons. The molecule has 1 aromatic heterocycles. The summed E-state index contributed by atoms with van der Waals surface area (Å²) in [7, 11) is 0. The molecule has 0 atom stereocenters. The quantitative estimate of drug-likeness (QED) is 0.699. The minimum atomic E-state index is -0.435. The highest BCUT2D eigenvalue weighted by Crippen LogP contribution is 2.49. The summed E-state index contributed by atoms with van der Waals surface area (Å²) in [6, 6.07) is 11.9. The van der Waals surface area contributed by atoms with E-state index in [0.717, 1.165) is 34.3 Å². The van der Waals surface area contributed by atoms with E-state index in [2.05, 4.69) is 47.7 Å². The van der Waals surface area contributed by atoms with Crippen molar-refractivity contribution in [3.8, 4) is 0 Å². The van der Waals surface area contributed by atoms with Crippen LogP contribution in [0.4, 0.5) is 10.8 Å². The SMILES string of the molecule is CC(=O)Nc1ccc2nc(NC(=O)C3(c4cc(C)cc(C)c4)CC3)sc2c1. The van der Waals surface area contributed by atoms with Gasteiger partial charge in [-0.05, 0) is 50.5 Å². The molecule has 0 radical (unpaired) electrons. The minimum absolute atomic E-state index is 0.00800. The van der Waals surface area contributed by atoms with Crippen LogP contribution in [0.15, 0.2) is 36.4 Å². The molecule has 5 nitrogen and oxygen atoms in total. The largest absolute Gasteiger partial charge is 0.326 e. The Bertz CT molecular complexity index is 1050. The highest BCUT2D eigenvalue weighted by atomic mass is 32.1. The van der Waals surface area contributed by atoms with E-state index in [4.69, 9.17) is 0 Å². The molecule has 2 N–H and O–H groups in total. The van der Waals surface area contributed by atoms with Crippen LogP contribution in [0.25, 0.3) is 10.2 Å². The van der Waals surface area contributed by atoms with Crippen LogP contribution in [0.1, 0.15) is 36.5 Å². The lowest BCUT2D eigenvalue weighted by atomic mass is 9.92. The summed E-state index contributed by atoms with van der Waals surface area (Å²) in [5.74, 6) is -0.106. The number of anilines is 2. The number of amides is 2. The number of rotatable bonds is 4. The van der Waals surface area contributed by atoms with Crippen LogP contribution >= 0.6 is 11.3 Å². The average Bonchev–Trinajstić information content (AvgIpc) is 3.29. The zero-order valence-corrected chi connectivity index (χ0v) is 16.4.